The summed E-state index contributed by atoms with van der Waals surface area (Å²) in [6, 6.07) is 0. The number of carbonyl (C=O) groups is 3. The summed E-state index contributed by atoms with van der Waals surface area (Å²) in [5, 5.41) is 0. The van der Waals surface area contributed by atoms with E-state index in [2.05, 4.69) is 4.74 Å². The Morgan fingerprint density at radius 3 is 2.33 bits per heavy atom. The molecule has 1 amide bonds. The van der Waals surface area contributed by atoms with Crippen LogP contribution in [0.4, 0.5) is 0 Å². The quantitative estimate of drug-likeness (QED) is 0.546. The van der Waals surface area contributed by atoms with E-state index in [-0.39, 0.29) is 18.4 Å². The molecule has 0 heterocycles. The zero-order valence-electron chi connectivity index (χ0n) is 12.7. The molecule has 118 valence electrons. The third kappa shape index (κ3) is 6.42. The zero-order valence-corrected chi connectivity index (χ0v) is 12.7. The number of carbonyl (C=O) groups excluding carboxylic acids is 3. The first-order valence-corrected chi connectivity index (χ1v) is 7.22. The maximum Gasteiger partial charge on any atom is 0.331 e. The molecule has 0 spiro atoms. The Labute approximate surface area is 125 Å². The Balaban J connectivity index is 2.24. The fraction of sp³-hybridized carbons (Fsp3) is 0.667. The van der Waals surface area contributed by atoms with Gasteiger partial charge in [0.15, 0.2) is 0 Å². The Morgan fingerprint density at radius 2 is 1.71 bits per heavy atom. The minimum absolute atomic E-state index is 0.110. The molecule has 21 heavy (non-hydrogen) atoms. The van der Waals surface area contributed by atoms with Gasteiger partial charge in [0.2, 0.25) is 5.91 Å². The summed E-state index contributed by atoms with van der Waals surface area (Å²) >= 11 is 0. The molecule has 1 fully saturated rings. The molecule has 1 aliphatic rings. The number of rotatable bonds is 6. The first-order chi connectivity index (χ1) is 10.0. The molecule has 1 saturated carbocycles. The van der Waals surface area contributed by atoms with Crippen molar-refractivity contribution in [2.45, 2.75) is 32.1 Å². The lowest BCUT2D eigenvalue weighted by atomic mass is 9.88. The highest BCUT2D eigenvalue weighted by Crippen LogP contribution is 2.24. The largest absolute Gasteiger partial charge is 0.466 e. The molecule has 0 unspecified atom stereocenters. The van der Waals surface area contributed by atoms with Crippen molar-refractivity contribution >= 4 is 17.8 Å². The fourth-order valence-corrected chi connectivity index (χ4v) is 2.31. The number of esters is 2. The van der Waals surface area contributed by atoms with Crippen LogP contribution in [0.1, 0.15) is 32.1 Å². The van der Waals surface area contributed by atoms with Crippen LogP contribution in [-0.2, 0) is 23.9 Å². The van der Waals surface area contributed by atoms with Crippen molar-refractivity contribution in [1.82, 2.24) is 4.90 Å². The van der Waals surface area contributed by atoms with Crippen LogP contribution in [0.15, 0.2) is 12.2 Å². The minimum Gasteiger partial charge on any atom is -0.466 e. The van der Waals surface area contributed by atoms with E-state index in [1.165, 1.54) is 13.5 Å². The normalized spacial score (nSPS) is 15.7. The van der Waals surface area contributed by atoms with Gasteiger partial charge in [-0.15, -0.1) is 0 Å². The maximum atomic E-state index is 12.1. The lowest BCUT2D eigenvalue weighted by Crippen LogP contribution is -2.36. The molecule has 0 aliphatic heterocycles. The summed E-state index contributed by atoms with van der Waals surface area (Å²) < 4.78 is 9.27. The highest BCUT2D eigenvalue weighted by atomic mass is 16.5. The van der Waals surface area contributed by atoms with E-state index in [4.69, 9.17) is 4.74 Å². The molecule has 1 rings (SSSR count). The van der Waals surface area contributed by atoms with E-state index in [1.54, 1.807) is 11.9 Å². The molecule has 6 heteroatoms. The molecule has 0 aromatic rings. The molecule has 0 saturated heterocycles. The van der Waals surface area contributed by atoms with Gasteiger partial charge in [-0.25, -0.2) is 9.59 Å². The van der Waals surface area contributed by atoms with Crippen LogP contribution in [0.2, 0.25) is 0 Å². The third-order valence-electron chi connectivity index (χ3n) is 3.56. The first kappa shape index (κ1) is 17.2. The highest BCUT2D eigenvalue weighted by Gasteiger charge is 2.23. The number of amides is 1. The average Bonchev–Trinajstić information content (AvgIpc) is 2.52. The molecule has 0 aromatic carbocycles. The van der Waals surface area contributed by atoms with Crippen molar-refractivity contribution in [3.63, 3.8) is 0 Å². The van der Waals surface area contributed by atoms with Crippen molar-refractivity contribution in [3.05, 3.63) is 12.2 Å². The predicted molar refractivity (Wildman–Crippen MR) is 76.3 cm³/mol. The topological polar surface area (TPSA) is 72.9 Å². The Morgan fingerprint density at radius 1 is 1.10 bits per heavy atom. The van der Waals surface area contributed by atoms with E-state index in [9.17, 15) is 14.4 Å². The van der Waals surface area contributed by atoms with Gasteiger partial charge in [-0.1, -0.05) is 19.3 Å². The molecular weight excluding hydrogens is 274 g/mol. The lowest BCUT2D eigenvalue weighted by molar-refractivity contribution is -0.142. The van der Waals surface area contributed by atoms with Gasteiger partial charge in [0, 0.05) is 25.1 Å². The van der Waals surface area contributed by atoms with E-state index >= 15 is 0 Å². The minimum atomic E-state index is -0.626. The van der Waals surface area contributed by atoms with E-state index in [0.29, 0.717) is 6.54 Å². The molecule has 0 N–H and O–H groups in total. The van der Waals surface area contributed by atoms with E-state index < -0.39 is 11.9 Å². The standard InChI is InChI=1S/C15H23NO5/c1-16(15(19)12-6-4-3-5-7-12)10-11-21-14(18)9-8-13(17)20-2/h8-9,12H,3-7,10-11H2,1-2H3/b9-8+. The monoisotopic (exact) mass is 297 g/mol. The molecule has 0 bridgehead atoms. The van der Waals surface area contributed by atoms with Gasteiger partial charge in [0.05, 0.1) is 13.7 Å². The lowest BCUT2D eigenvalue weighted by Gasteiger charge is -2.26. The molecule has 0 radical (unpaired) electrons. The van der Waals surface area contributed by atoms with Crippen molar-refractivity contribution in [2.75, 3.05) is 27.3 Å². The third-order valence-corrected chi connectivity index (χ3v) is 3.56. The van der Waals surface area contributed by atoms with Crippen molar-refractivity contribution in [3.8, 4) is 0 Å². The number of hydrogen-bond donors (Lipinski definition) is 0. The maximum absolute atomic E-state index is 12.1. The SMILES string of the molecule is COC(=O)/C=C/C(=O)OCCN(C)C(=O)C1CCCCC1. The summed E-state index contributed by atoms with van der Waals surface area (Å²) in [6.45, 7) is 0.465. The summed E-state index contributed by atoms with van der Waals surface area (Å²) in [4.78, 5) is 35.8. The average molecular weight is 297 g/mol. The van der Waals surface area contributed by atoms with Crippen LogP contribution >= 0.6 is 0 Å². The van der Waals surface area contributed by atoms with Gasteiger partial charge in [-0.3, -0.25) is 4.79 Å². The second-order valence-electron chi connectivity index (χ2n) is 5.12. The fourth-order valence-electron chi connectivity index (χ4n) is 2.31. The summed E-state index contributed by atoms with van der Waals surface area (Å²) in [5.41, 5.74) is 0. The van der Waals surface area contributed by atoms with Crippen molar-refractivity contribution < 1.29 is 23.9 Å². The number of hydrogen-bond acceptors (Lipinski definition) is 5. The Hall–Kier alpha value is -1.85. The van der Waals surface area contributed by atoms with E-state index in [1.807, 2.05) is 0 Å². The number of ether oxygens (including phenoxy) is 2. The highest BCUT2D eigenvalue weighted by molar-refractivity contribution is 5.91. The summed E-state index contributed by atoms with van der Waals surface area (Å²) in [6.07, 6.45) is 7.33. The van der Waals surface area contributed by atoms with Crippen LogP contribution in [0.5, 0.6) is 0 Å². The number of likely N-dealkylation sites (N-methyl/N-ethyl adjacent to an activating group) is 1. The number of methoxy groups -OCH3 is 1. The summed E-state index contributed by atoms with van der Waals surface area (Å²) in [7, 11) is 2.94. The van der Waals surface area contributed by atoms with Crippen LogP contribution in [0, 0.1) is 5.92 Å². The van der Waals surface area contributed by atoms with Crippen molar-refractivity contribution in [1.29, 1.82) is 0 Å². The van der Waals surface area contributed by atoms with E-state index in [0.717, 1.165) is 37.8 Å². The Kier molecular flexibility index (Phi) is 7.50. The van der Waals surface area contributed by atoms with Crippen LogP contribution in [-0.4, -0.2) is 50.1 Å². The first-order valence-electron chi connectivity index (χ1n) is 7.22. The van der Waals surface area contributed by atoms with Gasteiger partial charge in [0.1, 0.15) is 6.61 Å². The second-order valence-corrected chi connectivity index (χ2v) is 5.12. The van der Waals surface area contributed by atoms with Crippen LogP contribution < -0.4 is 0 Å². The molecule has 0 atom stereocenters. The molecular formula is C15H23NO5. The summed E-state index contributed by atoms with van der Waals surface area (Å²) in [5.74, 6) is -1.01. The van der Waals surface area contributed by atoms with Crippen molar-refractivity contribution in [2.24, 2.45) is 5.92 Å². The predicted octanol–water partition coefficient (Wildman–Crippen LogP) is 1.30. The van der Waals surface area contributed by atoms with Gasteiger partial charge >= 0.3 is 11.9 Å². The zero-order chi connectivity index (χ0) is 15.7. The molecule has 6 nitrogen and oxygen atoms in total. The van der Waals surface area contributed by atoms with Gasteiger partial charge in [0.25, 0.3) is 0 Å². The number of nitrogens with zero attached hydrogens (tertiary/aromatic N) is 1. The Bertz CT molecular complexity index is 399. The second kappa shape index (κ2) is 9.15. The molecule has 0 aromatic heterocycles. The molecule has 1 aliphatic carbocycles. The van der Waals surface area contributed by atoms with Crippen LogP contribution in [0.25, 0.3) is 0 Å². The van der Waals surface area contributed by atoms with Crippen LogP contribution in [0.3, 0.4) is 0 Å². The smallest absolute Gasteiger partial charge is 0.331 e. The van der Waals surface area contributed by atoms with Gasteiger partial charge < -0.3 is 14.4 Å². The van der Waals surface area contributed by atoms with Gasteiger partial charge in [-0.05, 0) is 12.8 Å². The van der Waals surface area contributed by atoms with Gasteiger partial charge in [-0.2, -0.15) is 0 Å².